The number of likely N-dealkylation sites (tertiary alicyclic amines) is 1. The van der Waals surface area contributed by atoms with Gasteiger partial charge in [-0.25, -0.2) is 9.97 Å². The summed E-state index contributed by atoms with van der Waals surface area (Å²) >= 11 is 0. The van der Waals surface area contributed by atoms with Crippen LogP contribution >= 0.6 is 0 Å². The lowest BCUT2D eigenvalue weighted by Crippen LogP contribution is -2.52. The number of H-pyrrole nitrogens is 1. The number of nitrogens with one attached hydrogen (secondary N) is 1. The average molecular weight is 495 g/mol. The number of aromatic amines is 1. The summed E-state index contributed by atoms with van der Waals surface area (Å²) in [6.07, 6.45) is 5.20. The van der Waals surface area contributed by atoms with Crippen molar-refractivity contribution >= 4 is 28.7 Å². The molecule has 3 aromatic heterocycles. The molecule has 3 aromatic rings. The topological polar surface area (TPSA) is 122 Å². The summed E-state index contributed by atoms with van der Waals surface area (Å²) in [4.78, 5) is 44.3. The lowest BCUT2D eigenvalue weighted by atomic mass is 10.0. The fourth-order valence-electron chi connectivity index (χ4n) is 5.27. The third-order valence-electron chi connectivity index (χ3n) is 7.20. The number of carbonyl (C=O) groups excluding carboxylic acids is 2. The Balaban J connectivity index is 1.26. The molecule has 0 radical (unpaired) electrons. The molecule has 190 valence electrons. The van der Waals surface area contributed by atoms with E-state index in [1.54, 1.807) is 10.9 Å². The van der Waals surface area contributed by atoms with Crippen molar-refractivity contribution in [3.63, 3.8) is 0 Å². The van der Waals surface area contributed by atoms with Gasteiger partial charge >= 0.3 is 0 Å². The number of rotatable bonds is 4. The van der Waals surface area contributed by atoms with Crippen LogP contribution in [0.3, 0.4) is 0 Å². The highest BCUT2D eigenvalue weighted by Gasteiger charge is 2.32. The number of aryl methyl sites for hydroxylation is 1. The van der Waals surface area contributed by atoms with Gasteiger partial charge in [-0.3, -0.25) is 14.3 Å². The maximum Gasteiger partial charge on any atom is 0.289 e. The van der Waals surface area contributed by atoms with E-state index in [0.29, 0.717) is 50.6 Å². The van der Waals surface area contributed by atoms with Crippen molar-refractivity contribution < 1.29 is 19.1 Å². The second kappa shape index (κ2) is 9.51. The molecule has 6 heterocycles. The number of carbonyl (C=O) groups is 2. The summed E-state index contributed by atoms with van der Waals surface area (Å²) in [7, 11) is 1.87. The number of hydrogen-bond donors (Lipinski definition) is 1. The molecule has 0 saturated carbocycles. The molecule has 2 amide bonds. The van der Waals surface area contributed by atoms with Crippen LogP contribution in [0.15, 0.2) is 18.5 Å². The molecular formula is C24H30N8O4. The fourth-order valence-corrected chi connectivity index (χ4v) is 5.27. The highest BCUT2D eigenvalue weighted by molar-refractivity contribution is 5.97. The van der Waals surface area contributed by atoms with Crippen LogP contribution in [0.25, 0.3) is 22.4 Å². The Morgan fingerprint density at radius 3 is 2.56 bits per heavy atom. The van der Waals surface area contributed by atoms with E-state index in [0.717, 1.165) is 42.9 Å². The first-order chi connectivity index (χ1) is 17.6. The van der Waals surface area contributed by atoms with Crippen molar-refractivity contribution in [3.8, 4) is 11.3 Å². The molecule has 12 heteroatoms. The van der Waals surface area contributed by atoms with Crippen molar-refractivity contribution in [1.29, 1.82) is 0 Å². The van der Waals surface area contributed by atoms with Gasteiger partial charge in [0.05, 0.1) is 37.4 Å². The van der Waals surface area contributed by atoms with Gasteiger partial charge in [-0.1, -0.05) is 0 Å². The van der Waals surface area contributed by atoms with E-state index in [2.05, 4.69) is 15.0 Å². The van der Waals surface area contributed by atoms with Gasteiger partial charge in [0.25, 0.3) is 5.91 Å². The van der Waals surface area contributed by atoms with Crippen molar-refractivity contribution in [1.82, 2.24) is 34.5 Å². The predicted octanol–water partition coefficient (Wildman–Crippen LogP) is 0.658. The van der Waals surface area contributed by atoms with Gasteiger partial charge in [-0.05, 0) is 18.9 Å². The van der Waals surface area contributed by atoms with Crippen LogP contribution in [0.2, 0.25) is 0 Å². The molecule has 3 aliphatic rings. The molecule has 12 nitrogen and oxygen atoms in total. The van der Waals surface area contributed by atoms with E-state index in [1.807, 2.05) is 29.1 Å². The van der Waals surface area contributed by atoms with Crippen LogP contribution in [0.5, 0.6) is 0 Å². The summed E-state index contributed by atoms with van der Waals surface area (Å²) in [6.45, 7) is 5.28. The van der Waals surface area contributed by atoms with Crippen LogP contribution in [-0.2, 0) is 21.3 Å². The molecule has 1 N–H and O–H groups in total. The third kappa shape index (κ3) is 4.30. The standard InChI is InChI=1S/C24H30N8O4/c1-29-14-16(13-25-29)18-12-19(30-6-9-35-10-7-30)21-22(26-18)28-23(27-21)24(34)31-4-2-17(3-5-31)32-8-11-36-15-20(32)33/h12-14,17H,2-11,15H2,1H3,(H,26,27,28). The zero-order valence-corrected chi connectivity index (χ0v) is 20.4. The summed E-state index contributed by atoms with van der Waals surface area (Å²) in [5, 5.41) is 4.28. The van der Waals surface area contributed by atoms with Crippen LogP contribution in [0.1, 0.15) is 23.5 Å². The largest absolute Gasteiger partial charge is 0.378 e. The number of morpholine rings is 2. The number of piperidine rings is 1. The number of aromatic nitrogens is 5. The van der Waals surface area contributed by atoms with Gasteiger partial charge in [0.2, 0.25) is 5.91 Å². The summed E-state index contributed by atoms with van der Waals surface area (Å²) in [5.74, 6) is 0.182. The minimum Gasteiger partial charge on any atom is -0.378 e. The second-order valence-corrected chi connectivity index (χ2v) is 9.47. The number of amides is 2. The Kier molecular flexibility index (Phi) is 6.05. The summed E-state index contributed by atoms with van der Waals surface area (Å²) in [6, 6.07) is 2.17. The minimum absolute atomic E-state index is 0.0365. The molecule has 0 aromatic carbocycles. The number of pyridine rings is 1. The average Bonchev–Trinajstić information content (AvgIpc) is 3.55. The number of anilines is 1. The molecule has 6 rings (SSSR count). The lowest BCUT2D eigenvalue weighted by molar-refractivity contribution is -0.146. The third-order valence-corrected chi connectivity index (χ3v) is 7.20. The van der Waals surface area contributed by atoms with Gasteiger partial charge < -0.3 is 29.2 Å². The van der Waals surface area contributed by atoms with Crippen molar-refractivity contribution in [2.24, 2.45) is 7.05 Å². The zero-order chi connectivity index (χ0) is 24.6. The van der Waals surface area contributed by atoms with Crippen molar-refractivity contribution in [2.75, 3.05) is 64.1 Å². The first-order valence-electron chi connectivity index (χ1n) is 12.5. The smallest absolute Gasteiger partial charge is 0.289 e. The molecule has 3 aliphatic heterocycles. The predicted molar refractivity (Wildman–Crippen MR) is 131 cm³/mol. The quantitative estimate of drug-likeness (QED) is 0.561. The van der Waals surface area contributed by atoms with Gasteiger partial charge in [-0.15, -0.1) is 0 Å². The highest BCUT2D eigenvalue weighted by atomic mass is 16.5. The number of ether oxygens (including phenoxy) is 2. The Bertz CT molecular complexity index is 1270. The number of hydrogen-bond acceptors (Lipinski definition) is 8. The monoisotopic (exact) mass is 494 g/mol. The van der Waals surface area contributed by atoms with E-state index in [9.17, 15) is 9.59 Å². The van der Waals surface area contributed by atoms with Gasteiger partial charge in [-0.2, -0.15) is 5.10 Å². The van der Waals surface area contributed by atoms with E-state index < -0.39 is 0 Å². The fraction of sp³-hybridized carbons (Fsp3) is 0.542. The molecule has 0 unspecified atom stereocenters. The molecule has 3 fully saturated rings. The van der Waals surface area contributed by atoms with E-state index >= 15 is 0 Å². The number of imidazole rings is 1. The molecule has 3 saturated heterocycles. The molecule has 0 bridgehead atoms. The molecular weight excluding hydrogens is 464 g/mol. The molecule has 0 spiro atoms. The maximum absolute atomic E-state index is 13.4. The normalized spacial score (nSPS) is 19.9. The van der Waals surface area contributed by atoms with Crippen molar-refractivity contribution in [2.45, 2.75) is 18.9 Å². The van der Waals surface area contributed by atoms with Crippen LogP contribution in [-0.4, -0.2) is 112 Å². The van der Waals surface area contributed by atoms with E-state index in [1.165, 1.54) is 0 Å². The Morgan fingerprint density at radius 1 is 1.06 bits per heavy atom. The molecule has 0 aliphatic carbocycles. The van der Waals surface area contributed by atoms with Crippen LogP contribution in [0.4, 0.5) is 5.69 Å². The molecule has 0 atom stereocenters. The van der Waals surface area contributed by atoms with E-state index in [-0.39, 0.29) is 30.3 Å². The first kappa shape index (κ1) is 22.9. The second-order valence-electron chi connectivity index (χ2n) is 9.47. The summed E-state index contributed by atoms with van der Waals surface area (Å²) < 4.78 is 12.5. The van der Waals surface area contributed by atoms with Crippen LogP contribution in [0, 0.1) is 0 Å². The lowest BCUT2D eigenvalue weighted by Gasteiger charge is -2.39. The Morgan fingerprint density at radius 2 is 1.83 bits per heavy atom. The van der Waals surface area contributed by atoms with Gasteiger partial charge in [0, 0.05) is 57.6 Å². The van der Waals surface area contributed by atoms with Gasteiger partial charge in [0.1, 0.15) is 12.1 Å². The van der Waals surface area contributed by atoms with E-state index in [4.69, 9.17) is 19.4 Å². The SMILES string of the molecule is Cn1cc(-c2cc(N3CCOCC3)c3nc(C(=O)N4CCC(N5CCOCC5=O)CC4)[nH]c3n2)cn1. The first-order valence-corrected chi connectivity index (χ1v) is 12.5. The Hall–Kier alpha value is -3.51. The molecule has 36 heavy (non-hydrogen) atoms. The van der Waals surface area contributed by atoms with Crippen LogP contribution < -0.4 is 4.90 Å². The Labute approximate surface area is 208 Å². The van der Waals surface area contributed by atoms with Gasteiger partial charge in [0.15, 0.2) is 11.5 Å². The minimum atomic E-state index is -0.143. The number of nitrogens with zero attached hydrogens (tertiary/aromatic N) is 7. The summed E-state index contributed by atoms with van der Waals surface area (Å²) in [5.41, 5.74) is 3.87. The van der Waals surface area contributed by atoms with Crippen molar-refractivity contribution in [3.05, 3.63) is 24.3 Å². The zero-order valence-electron chi connectivity index (χ0n) is 20.4. The number of fused-ring (bicyclic) bond motifs is 1. The maximum atomic E-state index is 13.4. The highest BCUT2D eigenvalue weighted by Crippen LogP contribution is 2.31.